The summed E-state index contributed by atoms with van der Waals surface area (Å²) in [6, 6.07) is 27.8. The maximum atomic E-state index is 2.40. The summed E-state index contributed by atoms with van der Waals surface area (Å²) >= 11 is 11.3. The molecule has 10 rings (SSSR count). The van der Waals surface area contributed by atoms with E-state index in [1.165, 1.54) is 90.4 Å². The lowest BCUT2D eigenvalue weighted by molar-refractivity contribution is 2.00. The molecule has 4 aromatic carbocycles. The smallest absolute Gasteiger partial charge is 0.0362 e. The van der Waals surface area contributed by atoms with Crippen molar-refractivity contribution in [2.45, 2.75) is 0 Å². The van der Waals surface area contributed by atoms with E-state index in [1.54, 1.807) is 0 Å². The van der Waals surface area contributed by atoms with E-state index in [-0.39, 0.29) is 0 Å². The van der Waals surface area contributed by atoms with Crippen molar-refractivity contribution in [3.05, 3.63) is 93.3 Å². The van der Waals surface area contributed by atoms with Crippen LogP contribution in [-0.4, -0.2) is 0 Å². The molecule has 6 aromatic heterocycles. The maximum absolute atomic E-state index is 2.40. The number of hydrogen-bond acceptors (Lipinski definition) is 6. The molecule has 0 amide bonds. The van der Waals surface area contributed by atoms with Crippen LogP contribution in [0.1, 0.15) is 9.75 Å². The summed E-state index contributed by atoms with van der Waals surface area (Å²) in [6.07, 6.45) is 4.63. The van der Waals surface area contributed by atoms with Crippen molar-refractivity contribution < 1.29 is 0 Å². The quantitative estimate of drug-likeness (QED) is 0.181. The third-order valence-electron chi connectivity index (χ3n) is 7.91. The van der Waals surface area contributed by atoms with Crippen LogP contribution in [0.2, 0.25) is 0 Å². The fraction of sp³-hybridized carbons (Fsp3) is 0. The van der Waals surface area contributed by atoms with E-state index in [0.29, 0.717) is 0 Å². The van der Waals surface area contributed by atoms with Crippen molar-refractivity contribution in [1.82, 2.24) is 0 Å². The molecule has 6 heteroatoms. The molecule has 0 atom stereocenters. The Balaban J connectivity index is 1.14. The van der Waals surface area contributed by atoms with Gasteiger partial charge < -0.3 is 0 Å². The van der Waals surface area contributed by atoms with Crippen LogP contribution in [-0.2, 0) is 0 Å². The molecular weight excluding hydrogens is 601 g/mol. The summed E-state index contributed by atoms with van der Waals surface area (Å²) in [5, 5.41) is 15.7. The van der Waals surface area contributed by atoms with Gasteiger partial charge in [-0.25, -0.2) is 0 Å². The zero-order chi connectivity index (χ0) is 25.9. The second-order valence-electron chi connectivity index (χ2n) is 10.1. The summed E-state index contributed by atoms with van der Waals surface area (Å²) in [4.78, 5) is 2.62. The molecule has 0 saturated carbocycles. The highest BCUT2D eigenvalue weighted by Crippen LogP contribution is 2.46. The van der Waals surface area contributed by atoms with Gasteiger partial charge in [-0.1, -0.05) is 0 Å². The van der Waals surface area contributed by atoms with E-state index in [0.717, 1.165) is 0 Å². The molecule has 0 spiro atoms. The minimum atomic E-state index is 1.31. The molecule has 0 nitrogen and oxygen atoms in total. The van der Waals surface area contributed by atoms with E-state index < -0.39 is 0 Å². The Morgan fingerprint density at radius 3 is 1.18 bits per heavy atom. The van der Waals surface area contributed by atoms with Crippen LogP contribution in [0.4, 0.5) is 0 Å². The molecular formula is C34H16S6. The lowest BCUT2D eigenvalue weighted by Crippen LogP contribution is -1.70. The highest BCUT2D eigenvalue weighted by atomic mass is 32.1. The van der Waals surface area contributed by atoms with Crippen LogP contribution in [0.5, 0.6) is 0 Å². The van der Waals surface area contributed by atoms with Gasteiger partial charge in [0.1, 0.15) is 0 Å². The van der Waals surface area contributed by atoms with Crippen molar-refractivity contribution in [3.63, 3.8) is 0 Å². The van der Waals surface area contributed by atoms with Crippen molar-refractivity contribution in [1.29, 1.82) is 0 Å². The zero-order valence-electron chi connectivity index (χ0n) is 20.7. The first-order valence-corrected chi connectivity index (χ1v) is 18.0. The Morgan fingerprint density at radius 1 is 0.350 bits per heavy atom. The number of fused-ring (bicyclic) bond motifs is 14. The van der Waals surface area contributed by atoms with Gasteiger partial charge in [0.15, 0.2) is 0 Å². The molecule has 188 valence electrons. The molecule has 0 radical (unpaired) electrons. The SMILES string of the molecule is C(=C\c1cc2c(ccc3sc4ccc5sccc5c4c32)s1)/c1cc2c(ccc3sc4ccc5sccc5c4c32)s1. The van der Waals surface area contributed by atoms with Gasteiger partial charge in [0.25, 0.3) is 0 Å². The fourth-order valence-corrected chi connectivity index (χ4v) is 12.0. The first-order chi connectivity index (χ1) is 19.8. The predicted octanol–water partition coefficient (Wildman–Crippen LogP) is 13.5. The van der Waals surface area contributed by atoms with Gasteiger partial charge in [-0.3, -0.25) is 0 Å². The minimum Gasteiger partial charge on any atom is -0.144 e. The molecule has 0 bridgehead atoms. The van der Waals surface area contributed by atoms with E-state index in [4.69, 9.17) is 0 Å². The van der Waals surface area contributed by atoms with E-state index >= 15 is 0 Å². The van der Waals surface area contributed by atoms with Crippen LogP contribution >= 0.6 is 68.0 Å². The molecule has 0 aliphatic heterocycles. The lowest BCUT2D eigenvalue weighted by atomic mass is 10.1. The molecule has 10 aromatic rings. The molecule has 0 aliphatic rings. The van der Waals surface area contributed by atoms with Gasteiger partial charge in [0.05, 0.1) is 0 Å². The zero-order valence-corrected chi connectivity index (χ0v) is 25.6. The molecule has 0 saturated heterocycles. The first kappa shape index (κ1) is 22.6. The highest BCUT2D eigenvalue weighted by molar-refractivity contribution is 7.27. The van der Waals surface area contributed by atoms with Gasteiger partial charge in [-0.15, -0.1) is 68.0 Å². The Kier molecular flexibility index (Phi) is 4.64. The normalized spacial score (nSPS) is 12.9. The van der Waals surface area contributed by atoms with Crippen LogP contribution in [0, 0.1) is 0 Å². The average Bonchev–Trinajstić information content (AvgIpc) is 3.79. The topological polar surface area (TPSA) is 0 Å². The highest BCUT2D eigenvalue weighted by Gasteiger charge is 2.16. The molecule has 0 unspecified atom stereocenters. The Morgan fingerprint density at radius 2 is 0.725 bits per heavy atom. The summed E-state index contributed by atoms with van der Waals surface area (Å²) in [5.41, 5.74) is 0. The van der Waals surface area contributed by atoms with Crippen LogP contribution in [0.3, 0.4) is 0 Å². The van der Waals surface area contributed by atoms with E-state index in [2.05, 4.69) is 95.7 Å². The predicted molar refractivity (Wildman–Crippen MR) is 189 cm³/mol. The van der Waals surface area contributed by atoms with Crippen molar-refractivity contribution >= 4 is 161 Å². The van der Waals surface area contributed by atoms with Crippen LogP contribution in [0.15, 0.2) is 83.6 Å². The molecule has 0 fully saturated rings. The summed E-state index contributed by atoms with van der Waals surface area (Å²) in [5.74, 6) is 0. The average molecular weight is 617 g/mol. The summed E-state index contributed by atoms with van der Waals surface area (Å²) in [6.45, 7) is 0. The molecule has 6 heterocycles. The first-order valence-electron chi connectivity index (χ1n) is 13.0. The second-order valence-corrected chi connectivity index (χ2v) is 16.4. The molecule has 40 heavy (non-hydrogen) atoms. The van der Waals surface area contributed by atoms with E-state index in [9.17, 15) is 0 Å². The third-order valence-corrected chi connectivity index (χ3v) is 14.0. The Hall–Kier alpha value is -3.10. The fourth-order valence-electron chi connectivity index (χ4n) is 6.21. The van der Waals surface area contributed by atoms with Gasteiger partial charge in [0, 0.05) is 90.4 Å². The van der Waals surface area contributed by atoms with Gasteiger partial charge >= 0.3 is 0 Å². The number of thiophene rings is 6. The van der Waals surface area contributed by atoms with Crippen molar-refractivity contribution in [3.8, 4) is 0 Å². The maximum Gasteiger partial charge on any atom is 0.0362 e. The Labute approximate surface area is 252 Å². The van der Waals surface area contributed by atoms with E-state index in [1.807, 2.05) is 68.0 Å². The molecule has 0 N–H and O–H groups in total. The van der Waals surface area contributed by atoms with Gasteiger partial charge in [0.2, 0.25) is 0 Å². The summed E-state index contributed by atoms with van der Waals surface area (Å²) < 4.78 is 11.0. The van der Waals surface area contributed by atoms with Gasteiger partial charge in [-0.05, 0) is 95.7 Å². The number of rotatable bonds is 2. The third kappa shape index (κ3) is 3.09. The number of hydrogen-bond donors (Lipinski definition) is 0. The van der Waals surface area contributed by atoms with Crippen LogP contribution in [0.25, 0.3) is 92.8 Å². The van der Waals surface area contributed by atoms with Crippen LogP contribution < -0.4 is 0 Å². The standard InChI is InChI=1S/C34H16S6/c1(17-15-21-25(37-17)5-9-29-33(21)31-19-11-13-35-23(19)3-7-27(31)39-29)2-18-16-22-26(38-18)6-10-30-34(22)32-20-12-14-36-24(20)4-8-28(32)40-30/h1-16H/b2-1+. The number of benzene rings is 4. The van der Waals surface area contributed by atoms with Gasteiger partial charge in [-0.2, -0.15) is 0 Å². The summed E-state index contributed by atoms with van der Waals surface area (Å²) in [7, 11) is 0. The molecule has 0 aliphatic carbocycles. The lowest BCUT2D eigenvalue weighted by Gasteiger charge is -1.97. The van der Waals surface area contributed by atoms with Crippen molar-refractivity contribution in [2.24, 2.45) is 0 Å². The monoisotopic (exact) mass is 616 g/mol. The largest absolute Gasteiger partial charge is 0.144 e. The second kappa shape index (κ2) is 8.23. The Bertz CT molecular complexity index is 2470. The van der Waals surface area contributed by atoms with Crippen molar-refractivity contribution in [2.75, 3.05) is 0 Å². The minimum absolute atomic E-state index is 1.31.